The van der Waals surface area contributed by atoms with Gasteiger partial charge < -0.3 is 10.1 Å². The van der Waals surface area contributed by atoms with Crippen molar-refractivity contribution in [2.45, 2.75) is 53.0 Å². The van der Waals surface area contributed by atoms with Crippen LogP contribution in [-0.2, 0) is 16.6 Å². The third-order valence-electron chi connectivity index (χ3n) is 5.45. The summed E-state index contributed by atoms with van der Waals surface area (Å²) >= 11 is 0. The predicted molar refractivity (Wildman–Crippen MR) is 121 cm³/mol. The normalized spacial score (nSPS) is 11.6. The van der Waals surface area contributed by atoms with Crippen molar-refractivity contribution in [1.82, 2.24) is 4.31 Å². The Morgan fingerprint density at radius 2 is 1.70 bits per heavy atom. The summed E-state index contributed by atoms with van der Waals surface area (Å²) in [6, 6.07) is 6.85. The van der Waals surface area contributed by atoms with E-state index < -0.39 is 10.0 Å². The first kappa shape index (κ1) is 23.9. The third kappa shape index (κ3) is 4.68. The van der Waals surface area contributed by atoms with Crippen LogP contribution in [0.3, 0.4) is 0 Å². The number of aryl methyl sites for hydroxylation is 2. The maximum Gasteiger partial charge on any atom is 0.243 e. The Morgan fingerprint density at radius 1 is 1.07 bits per heavy atom. The van der Waals surface area contributed by atoms with Gasteiger partial charge in [-0.05, 0) is 68.1 Å². The second-order valence-corrected chi connectivity index (χ2v) is 9.29. The molecular weight excluding hydrogens is 400 g/mol. The lowest BCUT2D eigenvalue weighted by Crippen LogP contribution is -2.30. The van der Waals surface area contributed by atoms with Gasteiger partial charge in [-0.1, -0.05) is 19.9 Å². The summed E-state index contributed by atoms with van der Waals surface area (Å²) in [6.45, 7) is 12.4. The van der Waals surface area contributed by atoms with Crippen molar-refractivity contribution in [3.8, 4) is 5.75 Å². The molecule has 0 aliphatic heterocycles. The van der Waals surface area contributed by atoms with E-state index in [-0.39, 0.29) is 10.7 Å². The minimum absolute atomic E-state index is 0.0381. The number of nitrogens with one attached hydrogen (secondary N) is 1. The van der Waals surface area contributed by atoms with Crippen LogP contribution in [0.15, 0.2) is 29.2 Å². The van der Waals surface area contributed by atoms with Crippen LogP contribution in [0.5, 0.6) is 5.75 Å². The number of carbonyl (C=O) groups is 1. The largest absolute Gasteiger partial charge is 0.495 e. The summed E-state index contributed by atoms with van der Waals surface area (Å²) in [5.41, 5.74) is 5.33. The molecule has 0 bridgehead atoms. The Morgan fingerprint density at radius 3 is 2.23 bits per heavy atom. The van der Waals surface area contributed by atoms with Crippen LogP contribution in [0.2, 0.25) is 0 Å². The molecular formula is C23H32N2O4S. The zero-order valence-electron chi connectivity index (χ0n) is 18.9. The van der Waals surface area contributed by atoms with Crippen LogP contribution in [0.1, 0.15) is 53.4 Å². The Balaban J connectivity index is 2.45. The van der Waals surface area contributed by atoms with Gasteiger partial charge in [0.25, 0.3) is 0 Å². The van der Waals surface area contributed by atoms with Gasteiger partial charge in [-0.3, -0.25) is 4.79 Å². The average molecular weight is 433 g/mol. The topological polar surface area (TPSA) is 75.7 Å². The van der Waals surface area contributed by atoms with Crippen LogP contribution in [-0.4, -0.2) is 38.7 Å². The van der Waals surface area contributed by atoms with Crippen molar-refractivity contribution in [3.63, 3.8) is 0 Å². The maximum atomic E-state index is 12.9. The number of hydrogen-bond acceptors (Lipinski definition) is 5. The summed E-state index contributed by atoms with van der Waals surface area (Å²) < 4.78 is 32.7. The molecule has 164 valence electrons. The monoisotopic (exact) mass is 432 g/mol. The van der Waals surface area contributed by atoms with Gasteiger partial charge in [0.1, 0.15) is 5.75 Å². The van der Waals surface area contributed by atoms with Gasteiger partial charge in [-0.25, -0.2) is 8.42 Å². The molecule has 2 aromatic rings. The van der Waals surface area contributed by atoms with E-state index in [0.717, 1.165) is 27.8 Å². The van der Waals surface area contributed by atoms with Crippen molar-refractivity contribution in [3.05, 3.63) is 52.1 Å². The molecule has 0 saturated carbocycles. The smallest absolute Gasteiger partial charge is 0.243 e. The highest BCUT2D eigenvalue weighted by Gasteiger charge is 2.23. The number of ether oxygens (including phenoxy) is 1. The molecule has 2 aromatic carbocycles. The van der Waals surface area contributed by atoms with E-state index in [1.807, 2.05) is 40.7 Å². The van der Waals surface area contributed by atoms with Crippen LogP contribution >= 0.6 is 0 Å². The molecule has 7 heteroatoms. The predicted octanol–water partition coefficient (Wildman–Crippen LogP) is 4.47. The van der Waals surface area contributed by atoms with Crippen molar-refractivity contribution in [1.29, 1.82) is 0 Å². The minimum Gasteiger partial charge on any atom is -0.495 e. The van der Waals surface area contributed by atoms with Gasteiger partial charge in [0.2, 0.25) is 10.0 Å². The number of carbonyl (C=O) groups excluding carboxylic acids is 1. The van der Waals surface area contributed by atoms with Crippen LogP contribution in [0, 0.1) is 20.8 Å². The molecule has 0 aromatic heterocycles. The van der Waals surface area contributed by atoms with E-state index in [4.69, 9.17) is 4.74 Å². The molecule has 0 saturated heterocycles. The number of benzene rings is 2. The molecule has 0 aliphatic carbocycles. The SMILES string of the molecule is CCN(CC)S(=O)(=O)c1ccc(OC)c(NCc2c(C)cc(C)c(C(C)=O)c2C)c1. The van der Waals surface area contributed by atoms with Crippen LogP contribution < -0.4 is 10.1 Å². The van der Waals surface area contributed by atoms with E-state index in [0.29, 0.717) is 31.1 Å². The highest BCUT2D eigenvalue weighted by atomic mass is 32.2. The molecule has 30 heavy (non-hydrogen) atoms. The van der Waals surface area contributed by atoms with E-state index in [1.165, 1.54) is 4.31 Å². The molecule has 2 rings (SSSR count). The lowest BCUT2D eigenvalue weighted by molar-refractivity contribution is 0.101. The lowest BCUT2D eigenvalue weighted by atomic mass is 9.91. The van der Waals surface area contributed by atoms with Gasteiger partial charge in [0.05, 0.1) is 17.7 Å². The Kier molecular flexibility index (Phi) is 7.66. The molecule has 0 amide bonds. The Bertz CT molecular complexity index is 1040. The van der Waals surface area contributed by atoms with Gasteiger partial charge in [0, 0.05) is 25.2 Å². The average Bonchev–Trinajstić information content (AvgIpc) is 2.67. The number of hydrogen-bond donors (Lipinski definition) is 1. The maximum absolute atomic E-state index is 12.9. The number of rotatable bonds is 9. The van der Waals surface area contributed by atoms with E-state index >= 15 is 0 Å². The van der Waals surface area contributed by atoms with Gasteiger partial charge in [-0.2, -0.15) is 4.31 Å². The van der Waals surface area contributed by atoms with Gasteiger partial charge >= 0.3 is 0 Å². The Labute approximate surface area is 180 Å². The van der Waals surface area contributed by atoms with Crippen LogP contribution in [0.4, 0.5) is 5.69 Å². The fourth-order valence-corrected chi connectivity index (χ4v) is 5.41. The summed E-state index contributed by atoms with van der Waals surface area (Å²) in [4.78, 5) is 12.3. The zero-order chi connectivity index (χ0) is 22.6. The fraction of sp³-hybridized carbons (Fsp3) is 0.435. The summed E-state index contributed by atoms with van der Waals surface area (Å²) in [7, 11) is -2.03. The van der Waals surface area contributed by atoms with E-state index in [9.17, 15) is 13.2 Å². The molecule has 0 fully saturated rings. The molecule has 6 nitrogen and oxygen atoms in total. The summed E-state index contributed by atoms with van der Waals surface area (Å²) in [5.74, 6) is 0.596. The summed E-state index contributed by atoms with van der Waals surface area (Å²) in [6.07, 6.45) is 0. The Hall–Kier alpha value is -2.38. The van der Waals surface area contributed by atoms with Crippen LogP contribution in [0.25, 0.3) is 0 Å². The number of ketones is 1. The number of sulfonamides is 1. The van der Waals surface area contributed by atoms with Crippen molar-refractivity contribution < 1.29 is 17.9 Å². The van der Waals surface area contributed by atoms with Crippen molar-refractivity contribution in [2.75, 3.05) is 25.5 Å². The van der Waals surface area contributed by atoms with Gasteiger partial charge in [0.15, 0.2) is 5.78 Å². The van der Waals surface area contributed by atoms with Crippen molar-refractivity contribution in [2.24, 2.45) is 0 Å². The first-order valence-corrected chi connectivity index (χ1v) is 11.5. The molecule has 0 atom stereocenters. The number of anilines is 1. The zero-order valence-corrected chi connectivity index (χ0v) is 19.7. The third-order valence-corrected chi connectivity index (χ3v) is 7.50. The molecule has 0 aliphatic rings. The highest BCUT2D eigenvalue weighted by molar-refractivity contribution is 7.89. The van der Waals surface area contributed by atoms with Crippen molar-refractivity contribution >= 4 is 21.5 Å². The van der Waals surface area contributed by atoms with E-state index in [2.05, 4.69) is 5.32 Å². The van der Waals surface area contributed by atoms with E-state index in [1.54, 1.807) is 32.2 Å². The molecule has 0 unspecified atom stereocenters. The standard InChI is InChI=1S/C23H32N2O4S/c1-8-25(9-2)30(27,28)19-10-11-22(29-7)21(13-19)24-14-20-15(3)12-16(4)23(17(20)5)18(6)26/h10-13,24H,8-9,14H2,1-7H3. The first-order chi connectivity index (χ1) is 14.1. The molecule has 0 spiro atoms. The fourth-order valence-electron chi connectivity index (χ4n) is 3.92. The molecule has 0 radical (unpaired) electrons. The summed E-state index contributed by atoms with van der Waals surface area (Å²) in [5, 5.41) is 3.32. The quantitative estimate of drug-likeness (QED) is 0.592. The highest BCUT2D eigenvalue weighted by Crippen LogP contribution is 2.30. The minimum atomic E-state index is -3.58. The molecule has 0 heterocycles. The first-order valence-electron chi connectivity index (χ1n) is 10.1. The second kappa shape index (κ2) is 9.62. The number of Topliss-reactive ketones (excluding diaryl/α,β-unsaturated/α-hetero) is 1. The number of nitrogens with zero attached hydrogens (tertiary/aromatic N) is 1. The lowest BCUT2D eigenvalue weighted by Gasteiger charge is -2.21. The number of methoxy groups -OCH3 is 1. The molecule has 1 N–H and O–H groups in total. The second-order valence-electron chi connectivity index (χ2n) is 7.35. The van der Waals surface area contributed by atoms with Gasteiger partial charge in [-0.15, -0.1) is 0 Å².